The van der Waals surface area contributed by atoms with Gasteiger partial charge in [-0.2, -0.15) is 0 Å². The van der Waals surface area contributed by atoms with Crippen LogP contribution in [0.3, 0.4) is 0 Å². The van der Waals surface area contributed by atoms with Crippen LogP contribution in [0.1, 0.15) is 30.4 Å². The summed E-state index contributed by atoms with van der Waals surface area (Å²) < 4.78 is 10.7. The van der Waals surface area contributed by atoms with Crippen molar-refractivity contribution in [3.63, 3.8) is 0 Å². The number of hydrogen-bond donors (Lipinski definition) is 0. The van der Waals surface area contributed by atoms with E-state index in [2.05, 4.69) is 0 Å². The van der Waals surface area contributed by atoms with E-state index in [1.165, 1.54) is 14.2 Å². The van der Waals surface area contributed by atoms with Gasteiger partial charge in [-0.15, -0.1) is 0 Å². The van der Waals surface area contributed by atoms with Crippen molar-refractivity contribution in [2.45, 2.75) is 19.3 Å². The number of esters is 2. The fourth-order valence-electron chi connectivity index (χ4n) is 6.44. The minimum Gasteiger partial charge on any atom is -0.468 e. The molecule has 0 aliphatic heterocycles. The number of methoxy groups -OCH3 is 2. The van der Waals surface area contributed by atoms with E-state index in [0.717, 1.165) is 28.7 Å². The molecule has 2 aromatic rings. The molecule has 0 heterocycles. The predicted molar refractivity (Wildman–Crippen MR) is 109 cm³/mol. The molecule has 0 N–H and O–H groups in total. The van der Waals surface area contributed by atoms with Crippen LogP contribution < -0.4 is 0 Å². The van der Waals surface area contributed by atoms with Crippen molar-refractivity contribution in [1.82, 2.24) is 0 Å². The van der Waals surface area contributed by atoms with Gasteiger partial charge in [0.1, 0.15) is 0 Å². The molecule has 2 unspecified atom stereocenters. The lowest BCUT2D eigenvalue weighted by atomic mass is 9.33. The van der Waals surface area contributed by atoms with Crippen molar-refractivity contribution in [3.05, 3.63) is 71.8 Å². The van der Waals surface area contributed by atoms with E-state index in [-0.39, 0.29) is 23.8 Å². The smallest absolute Gasteiger partial charge is 0.316 e. The summed E-state index contributed by atoms with van der Waals surface area (Å²) in [6, 6.07) is 20.0. The number of carbonyl (C=O) groups excluding carboxylic acids is 2. The third kappa shape index (κ3) is 2.14. The first-order valence-electron chi connectivity index (χ1n) is 10.1. The highest BCUT2D eigenvalue weighted by atomic mass is 16.5. The Bertz CT molecular complexity index is 994. The van der Waals surface area contributed by atoms with Gasteiger partial charge in [0, 0.05) is 0 Å². The third-order valence-corrected chi connectivity index (χ3v) is 7.41. The Morgan fingerprint density at radius 3 is 1.72 bits per heavy atom. The fourth-order valence-corrected chi connectivity index (χ4v) is 6.44. The maximum absolute atomic E-state index is 13.3. The summed E-state index contributed by atoms with van der Waals surface area (Å²) in [6.45, 7) is 0. The number of ether oxygens (including phenoxy) is 2. The number of benzene rings is 2. The molecule has 5 aliphatic carbocycles. The van der Waals surface area contributed by atoms with E-state index in [4.69, 9.17) is 9.47 Å². The van der Waals surface area contributed by atoms with Crippen molar-refractivity contribution >= 4 is 23.1 Å². The van der Waals surface area contributed by atoms with E-state index in [9.17, 15) is 9.59 Å². The summed E-state index contributed by atoms with van der Waals surface area (Å²) in [5.74, 6) is -0.187. The van der Waals surface area contributed by atoms with Crippen LogP contribution in [0.4, 0.5) is 0 Å². The van der Waals surface area contributed by atoms with Gasteiger partial charge in [-0.3, -0.25) is 9.59 Å². The zero-order valence-electron chi connectivity index (χ0n) is 16.7. The van der Waals surface area contributed by atoms with Gasteiger partial charge in [0.05, 0.1) is 25.0 Å². The summed E-state index contributed by atoms with van der Waals surface area (Å²) in [7, 11) is 2.93. The quantitative estimate of drug-likeness (QED) is 0.731. The molecule has 0 aromatic heterocycles. The Kier molecular flexibility index (Phi) is 3.95. The topological polar surface area (TPSA) is 52.6 Å². The van der Waals surface area contributed by atoms with Gasteiger partial charge in [0.2, 0.25) is 0 Å². The van der Waals surface area contributed by atoms with Gasteiger partial charge in [0.15, 0.2) is 0 Å². The van der Waals surface area contributed by atoms with E-state index in [0.29, 0.717) is 12.8 Å². The molecule has 5 aliphatic rings. The monoisotopic (exact) mass is 388 g/mol. The first kappa shape index (κ1) is 18.2. The molecule has 7 rings (SSSR count). The maximum atomic E-state index is 13.3. The highest BCUT2D eigenvalue weighted by Crippen LogP contribution is 2.77. The zero-order valence-corrected chi connectivity index (χ0v) is 16.7. The van der Waals surface area contributed by atoms with Crippen LogP contribution in [0.25, 0.3) is 11.1 Å². The van der Waals surface area contributed by atoms with Crippen molar-refractivity contribution in [2.75, 3.05) is 14.2 Å². The van der Waals surface area contributed by atoms with Crippen LogP contribution in [0.15, 0.2) is 60.7 Å². The average molecular weight is 388 g/mol. The summed E-state index contributed by atoms with van der Waals surface area (Å²) >= 11 is 0. The lowest BCUT2D eigenvalue weighted by Gasteiger charge is -2.68. The zero-order chi connectivity index (χ0) is 20.2. The van der Waals surface area contributed by atoms with Crippen LogP contribution in [0, 0.1) is 22.7 Å². The van der Waals surface area contributed by atoms with Gasteiger partial charge in [-0.25, -0.2) is 0 Å². The molecule has 29 heavy (non-hydrogen) atoms. The highest BCUT2D eigenvalue weighted by Gasteiger charge is 2.75. The van der Waals surface area contributed by atoms with Crippen LogP contribution in [0.2, 0.25) is 0 Å². The number of rotatable bonds is 4. The molecule has 3 fully saturated rings. The lowest BCUT2D eigenvalue weighted by Crippen LogP contribution is -2.67. The fraction of sp³-hybridized carbons (Fsp3) is 0.360. The summed E-state index contributed by atoms with van der Waals surface area (Å²) in [4.78, 5) is 26.6. The van der Waals surface area contributed by atoms with Crippen LogP contribution >= 0.6 is 0 Å². The second-order valence-electron chi connectivity index (χ2n) is 8.45. The summed E-state index contributed by atoms with van der Waals surface area (Å²) in [5.41, 5.74) is 2.46. The molecule has 4 heteroatoms. The molecule has 148 valence electrons. The summed E-state index contributed by atoms with van der Waals surface area (Å²) in [5, 5.41) is 0. The van der Waals surface area contributed by atoms with Crippen LogP contribution in [0.5, 0.6) is 0 Å². The third-order valence-electron chi connectivity index (χ3n) is 7.41. The molecular formula is C25H24O4. The minimum absolute atomic E-state index is 0.0930. The number of carbonyl (C=O) groups is 2. The standard InChI is InChI=1S/C25H24O4/c1-28-22(26)24-14-18-13-19(15-24)25(18,23(27)29-2)21(17-11-7-4-8-12-17)20(24)16-9-5-3-6-10-16/h3-12,18-19H,13-15H2,1-2H3. The molecule has 4 nitrogen and oxygen atoms in total. The molecule has 3 saturated carbocycles. The van der Waals surface area contributed by atoms with Crippen molar-refractivity contribution in [3.8, 4) is 0 Å². The first-order valence-corrected chi connectivity index (χ1v) is 10.1. The molecule has 2 aromatic carbocycles. The normalized spacial score (nSPS) is 31.8. The largest absolute Gasteiger partial charge is 0.468 e. The van der Waals surface area contributed by atoms with Crippen molar-refractivity contribution < 1.29 is 19.1 Å². The van der Waals surface area contributed by atoms with Crippen molar-refractivity contribution in [1.29, 1.82) is 0 Å². The van der Waals surface area contributed by atoms with E-state index in [1.807, 2.05) is 60.7 Å². The molecule has 0 amide bonds. The average Bonchev–Trinajstić information content (AvgIpc) is 2.79. The number of hydrogen-bond acceptors (Lipinski definition) is 4. The Morgan fingerprint density at radius 2 is 1.24 bits per heavy atom. The Balaban J connectivity index is 1.90. The van der Waals surface area contributed by atoms with Gasteiger partial charge < -0.3 is 9.47 Å². The van der Waals surface area contributed by atoms with Gasteiger partial charge >= 0.3 is 11.9 Å². The van der Waals surface area contributed by atoms with Crippen molar-refractivity contribution in [2.24, 2.45) is 22.7 Å². The molecule has 4 bridgehead atoms. The second kappa shape index (κ2) is 6.31. The summed E-state index contributed by atoms with van der Waals surface area (Å²) in [6.07, 6.45) is 2.21. The SMILES string of the molecule is COC(=O)C12CC3CC(C1)C3(C(=O)OC)C(c1ccccc1)=C2c1ccccc1. The first-order chi connectivity index (χ1) is 14.1. The minimum atomic E-state index is -0.718. The predicted octanol–water partition coefficient (Wildman–Crippen LogP) is 4.36. The Labute approximate surface area is 170 Å². The molecule has 2 atom stereocenters. The molecule has 0 radical (unpaired) electrons. The van der Waals surface area contributed by atoms with E-state index >= 15 is 0 Å². The lowest BCUT2D eigenvalue weighted by molar-refractivity contribution is -0.188. The second-order valence-corrected chi connectivity index (χ2v) is 8.45. The van der Waals surface area contributed by atoms with Gasteiger partial charge in [-0.05, 0) is 53.4 Å². The molecular weight excluding hydrogens is 364 g/mol. The Morgan fingerprint density at radius 1 is 0.759 bits per heavy atom. The van der Waals surface area contributed by atoms with E-state index in [1.54, 1.807) is 0 Å². The highest BCUT2D eigenvalue weighted by molar-refractivity contribution is 6.13. The molecule has 0 saturated heterocycles. The Hall–Kier alpha value is -2.88. The van der Waals surface area contributed by atoms with Gasteiger partial charge in [-0.1, -0.05) is 60.7 Å². The van der Waals surface area contributed by atoms with Crippen LogP contribution in [-0.4, -0.2) is 26.2 Å². The van der Waals surface area contributed by atoms with E-state index < -0.39 is 10.8 Å². The van der Waals surface area contributed by atoms with Crippen LogP contribution in [-0.2, 0) is 19.1 Å². The molecule has 0 spiro atoms. The maximum Gasteiger partial charge on any atom is 0.316 e. The van der Waals surface area contributed by atoms with Gasteiger partial charge in [0.25, 0.3) is 0 Å².